The van der Waals surface area contributed by atoms with Gasteiger partial charge in [0.05, 0.1) is 17.8 Å². The number of aliphatic carboxylic acids is 1. The summed E-state index contributed by atoms with van der Waals surface area (Å²) < 4.78 is 46.7. The number of carbonyl (C=O) groups is 7. The Morgan fingerprint density at radius 1 is 0.957 bits per heavy atom. The van der Waals surface area contributed by atoms with E-state index >= 15 is 8.78 Å². The average molecular weight is 981 g/mol. The average Bonchev–Trinajstić information content (AvgIpc) is 3.58. The van der Waals surface area contributed by atoms with Crippen molar-refractivity contribution in [3.63, 3.8) is 0 Å². The fourth-order valence-electron chi connectivity index (χ4n) is 11.1. The Balaban J connectivity index is 1.08. The minimum absolute atomic E-state index is 0.00104. The van der Waals surface area contributed by atoms with Crippen molar-refractivity contribution < 1.29 is 67.1 Å². The number of allylic oxidation sites excluding steroid dienone is 4. The molecule has 16 nitrogen and oxygen atoms in total. The van der Waals surface area contributed by atoms with E-state index in [-0.39, 0.29) is 50.8 Å². The smallest absolute Gasteiger partial charge is 0.304 e. The molecule has 19 heteroatoms. The van der Waals surface area contributed by atoms with Crippen molar-refractivity contribution in [2.45, 2.75) is 127 Å². The van der Waals surface area contributed by atoms with Crippen molar-refractivity contribution in [1.82, 2.24) is 16.0 Å². The van der Waals surface area contributed by atoms with Crippen LogP contribution < -0.4 is 21.3 Å². The molecule has 2 aromatic rings. The van der Waals surface area contributed by atoms with Gasteiger partial charge in [-0.2, -0.15) is 12.6 Å². The quantitative estimate of drug-likeness (QED) is 0.0689. The van der Waals surface area contributed by atoms with E-state index in [0.29, 0.717) is 17.7 Å². The number of carboxylic acid groups (broad SMARTS) is 1. The maximum Gasteiger partial charge on any atom is 0.304 e. The number of ketones is 2. The summed E-state index contributed by atoms with van der Waals surface area (Å²) in [5, 5.41) is 40.2. The Hall–Kier alpha value is -5.34. The van der Waals surface area contributed by atoms with Crippen LogP contribution in [0.4, 0.5) is 14.5 Å². The van der Waals surface area contributed by atoms with Gasteiger partial charge in [0.15, 0.2) is 23.5 Å². The van der Waals surface area contributed by atoms with Crippen molar-refractivity contribution in [3.05, 3.63) is 89.0 Å². The first-order chi connectivity index (χ1) is 32.5. The number of carbonyl (C=O) groups excluding carboxylic acids is 6. The normalized spacial score (nSPS) is 29.7. The van der Waals surface area contributed by atoms with E-state index in [9.17, 15) is 43.8 Å². The number of aliphatic hydroxyl groups excluding tert-OH is 2. The van der Waals surface area contributed by atoms with Crippen molar-refractivity contribution in [2.24, 2.45) is 22.7 Å². The van der Waals surface area contributed by atoms with Crippen LogP contribution in [-0.4, -0.2) is 117 Å². The molecule has 12 atom stereocenters. The molecule has 374 valence electrons. The van der Waals surface area contributed by atoms with E-state index < -0.39 is 124 Å². The second kappa shape index (κ2) is 21.3. The van der Waals surface area contributed by atoms with Gasteiger partial charge in [-0.1, -0.05) is 49.4 Å². The maximum absolute atomic E-state index is 17.8. The van der Waals surface area contributed by atoms with Gasteiger partial charge >= 0.3 is 5.97 Å². The van der Waals surface area contributed by atoms with Crippen LogP contribution in [0.25, 0.3) is 0 Å². The van der Waals surface area contributed by atoms with Crippen LogP contribution in [0.3, 0.4) is 0 Å². The molecule has 7 N–H and O–H groups in total. The molecule has 2 aromatic carbocycles. The summed E-state index contributed by atoms with van der Waals surface area (Å²) in [5.41, 5.74) is -4.23. The Kier molecular flexibility index (Phi) is 16.4. The highest BCUT2D eigenvalue weighted by atomic mass is 32.1. The standard InChI is InChI=1S/C50H62F2N4O12S/c1-6-67-46(68-49(40(60)26-57)18-15-34-35-23-37(51)36-22-33(58)14-17-47(36,4)50(35,52)39(59)25-48(34,49)5)31-12-10-29(11-13-31)20-30-8-7-9-32(21-30)56-44(65)28(3)55-43(64)27(2)54-41(61)16-19-53-45(66)38(69)24-42(62)63/h7-14,17,21-22,27-28,34-35,37-39,46,57,59,69H,6,15-16,18-20,23-26H2,1-5H3,(H,53,66)(H,54,61)(H,55,64)(H,56,65)(H,62,63)/t27-,28-,34?,35-,37-,38?,39-,46+,47-,48-,49-,50-/m0/s1. The first kappa shape index (κ1) is 53.0. The Morgan fingerprint density at radius 3 is 2.32 bits per heavy atom. The molecule has 0 saturated heterocycles. The first-order valence-electron chi connectivity index (χ1n) is 23.2. The summed E-state index contributed by atoms with van der Waals surface area (Å²) in [6, 6.07) is 12.3. The van der Waals surface area contributed by atoms with Gasteiger partial charge in [0, 0.05) is 47.6 Å². The third kappa shape index (κ3) is 10.6. The minimum atomic E-state index is -2.35. The minimum Gasteiger partial charge on any atom is -0.481 e. The van der Waals surface area contributed by atoms with Gasteiger partial charge in [-0.15, -0.1) is 0 Å². The van der Waals surface area contributed by atoms with Crippen LogP contribution in [0.2, 0.25) is 0 Å². The van der Waals surface area contributed by atoms with Crippen LogP contribution >= 0.6 is 12.6 Å². The number of carboxylic acids is 1. The summed E-state index contributed by atoms with van der Waals surface area (Å²) >= 11 is 3.92. The largest absolute Gasteiger partial charge is 0.481 e. The molecule has 4 aliphatic rings. The molecule has 0 aliphatic heterocycles. The van der Waals surface area contributed by atoms with E-state index in [1.165, 1.54) is 32.9 Å². The van der Waals surface area contributed by atoms with Crippen LogP contribution in [0, 0.1) is 22.7 Å². The lowest BCUT2D eigenvalue weighted by Crippen LogP contribution is -2.70. The first-order valence-corrected chi connectivity index (χ1v) is 23.7. The molecular weight excluding hydrogens is 919 g/mol. The van der Waals surface area contributed by atoms with Crippen LogP contribution in [0.1, 0.15) is 96.1 Å². The van der Waals surface area contributed by atoms with Crippen LogP contribution in [0.5, 0.6) is 0 Å². The number of anilines is 1. The molecule has 2 unspecified atom stereocenters. The van der Waals surface area contributed by atoms with E-state index in [1.807, 2.05) is 18.2 Å². The molecule has 0 bridgehead atoms. The zero-order chi connectivity index (χ0) is 50.6. The number of rotatable bonds is 20. The second-order valence-corrected chi connectivity index (χ2v) is 19.6. The number of amides is 4. The van der Waals surface area contributed by atoms with Crippen LogP contribution in [0.15, 0.2) is 72.3 Å². The van der Waals surface area contributed by atoms with Gasteiger partial charge in [-0.05, 0) is 107 Å². The Morgan fingerprint density at radius 2 is 1.65 bits per heavy atom. The summed E-state index contributed by atoms with van der Waals surface area (Å²) in [6.07, 6.45) is -1.19. The molecule has 3 fully saturated rings. The van der Waals surface area contributed by atoms with E-state index in [2.05, 4.69) is 33.9 Å². The van der Waals surface area contributed by atoms with Crippen molar-refractivity contribution in [1.29, 1.82) is 0 Å². The molecule has 4 aliphatic carbocycles. The Bertz CT molecular complexity index is 2390. The lowest BCUT2D eigenvalue weighted by atomic mass is 9.44. The number of benzene rings is 2. The number of hydrogen-bond acceptors (Lipinski definition) is 12. The summed E-state index contributed by atoms with van der Waals surface area (Å²) in [6.45, 7) is 7.11. The second-order valence-electron chi connectivity index (χ2n) is 19.0. The number of thiol groups is 1. The zero-order valence-corrected chi connectivity index (χ0v) is 40.2. The zero-order valence-electron chi connectivity index (χ0n) is 39.3. The van der Waals surface area contributed by atoms with E-state index in [0.717, 1.165) is 17.2 Å². The van der Waals surface area contributed by atoms with Gasteiger partial charge in [0.1, 0.15) is 30.5 Å². The number of alkyl halides is 2. The van der Waals surface area contributed by atoms with Gasteiger partial charge in [0.25, 0.3) is 0 Å². The molecule has 0 heterocycles. The van der Waals surface area contributed by atoms with Crippen LogP contribution in [-0.2, 0) is 49.5 Å². The van der Waals surface area contributed by atoms with E-state index in [1.54, 1.807) is 44.2 Å². The van der Waals surface area contributed by atoms with Crippen molar-refractivity contribution in [3.8, 4) is 0 Å². The van der Waals surface area contributed by atoms with E-state index in [4.69, 9.17) is 14.6 Å². The summed E-state index contributed by atoms with van der Waals surface area (Å²) in [4.78, 5) is 87.3. The molecular formula is C50H62F2N4O12S. The molecule has 0 aromatic heterocycles. The maximum atomic E-state index is 17.8. The van der Waals surface area contributed by atoms with Gasteiger partial charge < -0.3 is 46.1 Å². The fourth-order valence-corrected chi connectivity index (χ4v) is 11.3. The number of hydrogen-bond donors (Lipinski definition) is 8. The summed E-state index contributed by atoms with van der Waals surface area (Å²) in [5.74, 6) is -6.33. The van der Waals surface area contributed by atoms with Gasteiger partial charge in [0.2, 0.25) is 23.6 Å². The highest BCUT2D eigenvalue weighted by Crippen LogP contribution is 2.71. The Labute approximate surface area is 404 Å². The number of halogens is 2. The molecule has 6 rings (SSSR count). The van der Waals surface area contributed by atoms with Gasteiger partial charge in [-0.25, -0.2) is 8.78 Å². The third-order valence-corrected chi connectivity index (χ3v) is 15.1. The number of fused-ring (bicyclic) bond motifs is 5. The predicted octanol–water partition coefficient (Wildman–Crippen LogP) is 4.18. The summed E-state index contributed by atoms with van der Waals surface area (Å²) in [7, 11) is 0. The lowest BCUT2D eigenvalue weighted by Gasteiger charge is -2.63. The number of nitrogens with one attached hydrogen (secondary N) is 4. The molecule has 4 amide bonds. The predicted molar refractivity (Wildman–Crippen MR) is 251 cm³/mol. The lowest BCUT2D eigenvalue weighted by molar-refractivity contribution is -0.268. The fraction of sp³-hybridized carbons (Fsp3) is 0.540. The SMILES string of the molecule is CCO[C@H](O[C@]1(C(=O)CO)CCC2[C@@H]3C[C@H](F)C4=CC(=O)C=C[C@]4(C)[C@@]3(F)[C@@H](O)C[C@@]21C)c1ccc(Cc2cccc(NC(=O)[C@H](C)NC(=O)[C@H](C)NC(=O)CCNC(=O)C(S)CC(=O)O)c2)cc1. The molecule has 3 saturated carbocycles. The molecule has 0 radical (unpaired) electrons. The number of Topliss-reactive ketones (excluding diaryl/α,β-unsaturated/α-hetero) is 1. The number of ether oxygens (including phenoxy) is 2. The van der Waals surface area contributed by atoms with Crippen molar-refractivity contribution in [2.75, 3.05) is 25.1 Å². The number of aliphatic hydroxyl groups is 2. The van der Waals surface area contributed by atoms with Crippen molar-refractivity contribution >= 4 is 59.5 Å². The van der Waals surface area contributed by atoms with Gasteiger partial charge in [-0.3, -0.25) is 33.6 Å². The monoisotopic (exact) mass is 980 g/mol. The topological polar surface area (TPSA) is 247 Å². The highest BCUT2D eigenvalue weighted by molar-refractivity contribution is 7.81. The highest BCUT2D eigenvalue weighted by Gasteiger charge is 2.76. The third-order valence-electron chi connectivity index (χ3n) is 14.7. The molecule has 0 spiro atoms. The molecule has 69 heavy (non-hydrogen) atoms.